The number of anilines is 2. The number of hydrogen-bond acceptors (Lipinski definition) is 4. The van der Waals surface area contributed by atoms with E-state index in [0.29, 0.717) is 29.7 Å². The SMILES string of the molecule is Cc1cc(N(C)C)ccc1NC(=O)/C=C/c1cc(Cl)c2c(c1)OCCO2. The van der Waals surface area contributed by atoms with Crippen LogP contribution in [0, 0.1) is 6.92 Å². The average Bonchev–Trinajstić information content (AvgIpc) is 2.61. The van der Waals surface area contributed by atoms with Gasteiger partial charge >= 0.3 is 0 Å². The summed E-state index contributed by atoms with van der Waals surface area (Å²) in [5.41, 5.74) is 3.64. The number of hydrogen-bond donors (Lipinski definition) is 1. The Hall–Kier alpha value is -2.66. The number of aryl methyl sites for hydroxylation is 1. The smallest absolute Gasteiger partial charge is 0.248 e. The van der Waals surface area contributed by atoms with Crippen molar-refractivity contribution in [3.63, 3.8) is 0 Å². The summed E-state index contributed by atoms with van der Waals surface area (Å²) >= 11 is 6.21. The summed E-state index contributed by atoms with van der Waals surface area (Å²) in [5.74, 6) is 0.937. The third-order valence-corrected chi connectivity index (χ3v) is 4.31. The first-order chi connectivity index (χ1) is 12.4. The molecule has 1 aliphatic rings. The van der Waals surface area contributed by atoms with E-state index in [1.807, 2.05) is 44.1 Å². The molecule has 1 heterocycles. The molecule has 0 unspecified atom stereocenters. The van der Waals surface area contributed by atoms with Crippen LogP contribution in [0.1, 0.15) is 11.1 Å². The number of rotatable bonds is 4. The summed E-state index contributed by atoms with van der Waals surface area (Å²) in [4.78, 5) is 14.3. The molecule has 0 atom stereocenters. The normalized spacial score (nSPS) is 12.9. The Bertz CT molecular complexity index is 862. The predicted octanol–water partition coefficient (Wildman–Crippen LogP) is 4.14. The number of nitrogens with zero attached hydrogens (tertiary/aromatic N) is 1. The molecule has 26 heavy (non-hydrogen) atoms. The molecular weight excluding hydrogens is 352 g/mol. The fraction of sp³-hybridized carbons (Fsp3) is 0.250. The fourth-order valence-corrected chi connectivity index (χ4v) is 2.91. The minimum Gasteiger partial charge on any atom is -0.486 e. The summed E-state index contributed by atoms with van der Waals surface area (Å²) in [5, 5.41) is 3.36. The molecule has 2 aromatic rings. The van der Waals surface area contributed by atoms with E-state index in [4.69, 9.17) is 21.1 Å². The number of ether oxygens (including phenoxy) is 2. The van der Waals surface area contributed by atoms with Crippen molar-refractivity contribution in [3.8, 4) is 11.5 Å². The van der Waals surface area contributed by atoms with Gasteiger partial charge in [-0.15, -0.1) is 0 Å². The van der Waals surface area contributed by atoms with Crippen LogP contribution in [0.25, 0.3) is 6.08 Å². The largest absolute Gasteiger partial charge is 0.486 e. The Morgan fingerprint density at radius 2 is 1.96 bits per heavy atom. The second-order valence-corrected chi connectivity index (χ2v) is 6.65. The van der Waals surface area contributed by atoms with E-state index in [-0.39, 0.29) is 5.91 Å². The van der Waals surface area contributed by atoms with Gasteiger partial charge in [-0.25, -0.2) is 0 Å². The van der Waals surface area contributed by atoms with Crippen molar-refractivity contribution in [2.45, 2.75) is 6.92 Å². The van der Waals surface area contributed by atoms with Gasteiger partial charge in [-0.3, -0.25) is 4.79 Å². The van der Waals surface area contributed by atoms with Gasteiger partial charge in [0, 0.05) is 31.5 Å². The van der Waals surface area contributed by atoms with Crippen LogP contribution in [0.2, 0.25) is 5.02 Å². The summed E-state index contributed by atoms with van der Waals surface area (Å²) < 4.78 is 11.0. The molecule has 5 nitrogen and oxygen atoms in total. The fourth-order valence-electron chi connectivity index (χ4n) is 2.64. The van der Waals surface area contributed by atoms with Gasteiger partial charge in [-0.1, -0.05) is 11.6 Å². The lowest BCUT2D eigenvalue weighted by atomic mass is 10.1. The summed E-state index contributed by atoms with van der Waals surface area (Å²) in [6.07, 6.45) is 3.17. The standard InChI is InChI=1S/C20H21ClN2O3/c1-13-10-15(23(2)3)5-6-17(13)22-19(24)7-4-14-11-16(21)20-18(12-14)25-8-9-26-20/h4-7,10-12H,8-9H2,1-3H3,(H,22,24)/b7-4+. The van der Waals surface area contributed by atoms with Crippen LogP contribution in [0.15, 0.2) is 36.4 Å². The number of halogens is 1. The highest BCUT2D eigenvalue weighted by atomic mass is 35.5. The van der Waals surface area contributed by atoms with E-state index in [2.05, 4.69) is 5.32 Å². The molecule has 0 aromatic heterocycles. The Labute approximate surface area is 158 Å². The van der Waals surface area contributed by atoms with Crippen LogP contribution < -0.4 is 19.7 Å². The van der Waals surface area contributed by atoms with Crippen LogP contribution in [0.3, 0.4) is 0 Å². The highest BCUT2D eigenvalue weighted by Crippen LogP contribution is 2.38. The maximum Gasteiger partial charge on any atom is 0.248 e. The van der Waals surface area contributed by atoms with Crippen molar-refractivity contribution in [2.24, 2.45) is 0 Å². The van der Waals surface area contributed by atoms with Gasteiger partial charge in [0.25, 0.3) is 0 Å². The molecule has 0 saturated carbocycles. The molecule has 0 fully saturated rings. The minimum atomic E-state index is -0.211. The topological polar surface area (TPSA) is 50.8 Å². The van der Waals surface area contributed by atoms with Crippen molar-refractivity contribution < 1.29 is 14.3 Å². The molecule has 0 saturated heterocycles. The molecule has 0 spiro atoms. The summed E-state index contributed by atoms with van der Waals surface area (Å²) in [7, 11) is 3.96. The first kappa shape index (κ1) is 18.1. The van der Waals surface area contributed by atoms with Crippen molar-refractivity contribution in [1.29, 1.82) is 0 Å². The maximum absolute atomic E-state index is 12.2. The van der Waals surface area contributed by atoms with Crippen LogP contribution in [-0.4, -0.2) is 33.2 Å². The highest BCUT2D eigenvalue weighted by molar-refractivity contribution is 6.32. The lowest BCUT2D eigenvalue weighted by molar-refractivity contribution is -0.111. The molecule has 1 N–H and O–H groups in total. The molecule has 3 rings (SSSR count). The van der Waals surface area contributed by atoms with Crippen molar-refractivity contribution in [2.75, 3.05) is 37.5 Å². The number of nitrogens with one attached hydrogen (secondary N) is 1. The zero-order valence-corrected chi connectivity index (χ0v) is 15.8. The van der Waals surface area contributed by atoms with Crippen molar-refractivity contribution in [1.82, 2.24) is 0 Å². The van der Waals surface area contributed by atoms with E-state index in [0.717, 1.165) is 22.5 Å². The first-order valence-electron chi connectivity index (χ1n) is 8.30. The lowest BCUT2D eigenvalue weighted by Gasteiger charge is -2.19. The van der Waals surface area contributed by atoms with Gasteiger partial charge in [0.2, 0.25) is 5.91 Å². The highest BCUT2D eigenvalue weighted by Gasteiger charge is 2.16. The average molecular weight is 373 g/mol. The van der Waals surface area contributed by atoms with Crippen LogP contribution in [0.4, 0.5) is 11.4 Å². The third-order valence-electron chi connectivity index (χ3n) is 4.03. The quantitative estimate of drug-likeness (QED) is 0.819. The van der Waals surface area contributed by atoms with Gasteiger partial charge in [0.05, 0.1) is 5.02 Å². The van der Waals surface area contributed by atoms with Crippen molar-refractivity contribution in [3.05, 3.63) is 52.6 Å². The molecule has 0 bridgehead atoms. The number of carbonyl (C=O) groups excluding carboxylic acids is 1. The molecule has 0 aliphatic carbocycles. The molecule has 1 amide bonds. The minimum absolute atomic E-state index is 0.211. The zero-order chi connectivity index (χ0) is 18.7. The molecule has 2 aromatic carbocycles. The molecule has 6 heteroatoms. The Balaban J connectivity index is 1.71. The van der Waals surface area contributed by atoms with Gasteiger partial charge in [0.1, 0.15) is 13.2 Å². The first-order valence-corrected chi connectivity index (χ1v) is 8.68. The molecular formula is C20H21ClN2O3. The third kappa shape index (κ3) is 4.11. The van der Waals surface area contributed by atoms with Gasteiger partial charge in [-0.2, -0.15) is 0 Å². The zero-order valence-electron chi connectivity index (χ0n) is 15.0. The summed E-state index contributed by atoms with van der Waals surface area (Å²) in [6.45, 7) is 2.93. The van der Waals surface area contributed by atoms with E-state index in [9.17, 15) is 4.79 Å². The van der Waals surface area contributed by atoms with Crippen molar-refractivity contribution >= 4 is 35.0 Å². The monoisotopic (exact) mass is 372 g/mol. The van der Waals surface area contributed by atoms with E-state index in [1.54, 1.807) is 18.2 Å². The second-order valence-electron chi connectivity index (χ2n) is 6.24. The Kier molecular flexibility index (Phi) is 5.38. The number of fused-ring (bicyclic) bond motifs is 1. The van der Waals surface area contributed by atoms with Crippen LogP contribution in [-0.2, 0) is 4.79 Å². The number of amides is 1. The van der Waals surface area contributed by atoms with E-state index in [1.165, 1.54) is 6.08 Å². The second kappa shape index (κ2) is 7.70. The Morgan fingerprint density at radius 1 is 1.19 bits per heavy atom. The number of carbonyl (C=O) groups is 1. The predicted molar refractivity (Wildman–Crippen MR) is 106 cm³/mol. The van der Waals surface area contributed by atoms with Crippen LogP contribution >= 0.6 is 11.6 Å². The van der Waals surface area contributed by atoms with Gasteiger partial charge < -0.3 is 19.7 Å². The molecule has 0 radical (unpaired) electrons. The number of benzene rings is 2. The van der Waals surface area contributed by atoms with E-state index >= 15 is 0 Å². The summed E-state index contributed by atoms with van der Waals surface area (Å²) in [6, 6.07) is 9.45. The maximum atomic E-state index is 12.2. The molecule has 1 aliphatic heterocycles. The Morgan fingerprint density at radius 3 is 2.69 bits per heavy atom. The van der Waals surface area contributed by atoms with Gasteiger partial charge in [-0.05, 0) is 54.5 Å². The van der Waals surface area contributed by atoms with Crippen LogP contribution in [0.5, 0.6) is 11.5 Å². The lowest BCUT2D eigenvalue weighted by Crippen LogP contribution is -2.15. The van der Waals surface area contributed by atoms with Gasteiger partial charge in [0.15, 0.2) is 11.5 Å². The van der Waals surface area contributed by atoms with E-state index < -0.39 is 0 Å². The molecule has 136 valence electrons.